The van der Waals surface area contributed by atoms with E-state index in [9.17, 15) is 0 Å². The van der Waals surface area contributed by atoms with Gasteiger partial charge in [-0.05, 0) is 44.2 Å². The molecule has 3 atom stereocenters. The molecule has 1 aromatic heterocycles. The van der Waals surface area contributed by atoms with Crippen molar-refractivity contribution in [3.8, 4) is 0 Å². The van der Waals surface area contributed by atoms with Gasteiger partial charge < -0.3 is 9.30 Å². The molecule has 4 rings (SSSR count). The Morgan fingerprint density at radius 1 is 1.30 bits per heavy atom. The first-order chi connectivity index (χ1) is 9.75. The number of halogens is 1. The molecule has 0 radical (unpaired) electrons. The number of imidazole rings is 1. The van der Waals surface area contributed by atoms with E-state index in [0.717, 1.165) is 30.3 Å². The molecule has 20 heavy (non-hydrogen) atoms. The van der Waals surface area contributed by atoms with Crippen LogP contribution in [0.3, 0.4) is 0 Å². The Morgan fingerprint density at radius 2 is 2.10 bits per heavy atom. The average molecular weight is 291 g/mol. The van der Waals surface area contributed by atoms with Crippen molar-refractivity contribution in [2.75, 3.05) is 6.61 Å². The van der Waals surface area contributed by atoms with Crippen LogP contribution in [0.5, 0.6) is 0 Å². The minimum atomic E-state index is -0.0807. The maximum absolute atomic E-state index is 6.38. The fraction of sp³-hybridized carbons (Fsp3) is 0.562. The summed E-state index contributed by atoms with van der Waals surface area (Å²) in [5.74, 6) is 1.72. The third kappa shape index (κ3) is 1.95. The Balaban J connectivity index is 1.86. The Labute approximate surface area is 123 Å². The van der Waals surface area contributed by atoms with E-state index in [1.54, 1.807) is 0 Å². The Kier molecular flexibility index (Phi) is 3.00. The summed E-state index contributed by atoms with van der Waals surface area (Å²) in [4.78, 5) is 4.75. The zero-order valence-corrected chi connectivity index (χ0v) is 12.4. The van der Waals surface area contributed by atoms with Crippen molar-refractivity contribution in [1.82, 2.24) is 9.55 Å². The highest BCUT2D eigenvalue weighted by molar-refractivity contribution is 6.20. The molecule has 1 aliphatic carbocycles. The lowest BCUT2D eigenvalue weighted by molar-refractivity contribution is 0.0753. The number of ether oxygens (including phenoxy) is 1. The molecule has 1 saturated heterocycles. The summed E-state index contributed by atoms with van der Waals surface area (Å²) in [6.07, 6.45) is 4.03. The third-order valence-electron chi connectivity index (χ3n) is 4.50. The highest BCUT2D eigenvalue weighted by atomic mass is 35.5. The van der Waals surface area contributed by atoms with E-state index in [-0.39, 0.29) is 5.38 Å². The molecule has 2 heterocycles. The third-order valence-corrected chi connectivity index (χ3v) is 4.70. The first kappa shape index (κ1) is 12.7. The van der Waals surface area contributed by atoms with Gasteiger partial charge in [0.15, 0.2) is 0 Å². The van der Waals surface area contributed by atoms with Crippen LogP contribution in [0.4, 0.5) is 0 Å². The van der Waals surface area contributed by atoms with E-state index in [1.165, 1.54) is 18.4 Å². The van der Waals surface area contributed by atoms with Crippen LogP contribution in [0, 0.1) is 5.92 Å². The molecule has 0 bridgehead atoms. The zero-order valence-electron chi connectivity index (χ0n) is 11.6. The van der Waals surface area contributed by atoms with Gasteiger partial charge in [-0.1, -0.05) is 12.1 Å². The van der Waals surface area contributed by atoms with Crippen molar-refractivity contribution in [1.29, 1.82) is 0 Å². The molecule has 1 saturated carbocycles. The van der Waals surface area contributed by atoms with Gasteiger partial charge in [0, 0.05) is 6.61 Å². The number of benzene rings is 1. The summed E-state index contributed by atoms with van der Waals surface area (Å²) >= 11 is 6.38. The van der Waals surface area contributed by atoms with Crippen molar-refractivity contribution in [2.45, 2.75) is 43.7 Å². The molecule has 2 fully saturated rings. The van der Waals surface area contributed by atoms with Crippen LogP contribution in [0.15, 0.2) is 24.3 Å². The van der Waals surface area contributed by atoms with Crippen molar-refractivity contribution in [3.63, 3.8) is 0 Å². The molecular formula is C16H19ClN2O. The van der Waals surface area contributed by atoms with Crippen LogP contribution in [0.1, 0.15) is 43.4 Å². The minimum absolute atomic E-state index is 0.0807. The summed E-state index contributed by atoms with van der Waals surface area (Å²) in [5, 5.41) is -0.0807. The molecular weight excluding hydrogens is 272 g/mol. The molecule has 0 spiro atoms. The van der Waals surface area contributed by atoms with Gasteiger partial charge in [0.1, 0.15) is 5.82 Å². The Hall–Kier alpha value is -1.06. The maximum atomic E-state index is 6.38. The van der Waals surface area contributed by atoms with Gasteiger partial charge >= 0.3 is 0 Å². The first-order valence-electron chi connectivity index (χ1n) is 7.48. The molecule has 0 amide bonds. The molecule has 4 heteroatoms. The van der Waals surface area contributed by atoms with E-state index >= 15 is 0 Å². The molecule has 3 nitrogen and oxygen atoms in total. The van der Waals surface area contributed by atoms with Crippen molar-refractivity contribution >= 4 is 22.6 Å². The van der Waals surface area contributed by atoms with Gasteiger partial charge in [-0.15, -0.1) is 11.6 Å². The van der Waals surface area contributed by atoms with E-state index in [2.05, 4.69) is 22.8 Å². The lowest BCUT2D eigenvalue weighted by Crippen LogP contribution is -2.23. The predicted octanol–water partition coefficient (Wildman–Crippen LogP) is 4.08. The SMILES string of the molecule is CC(Cl)c1nc2ccccc2n1C1CCOC1C1CC1. The van der Waals surface area contributed by atoms with E-state index in [0.29, 0.717) is 12.1 Å². The van der Waals surface area contributed by atoms with Gasteiger partial charge in [-0.3, -0.25) is 0 Å². The quantitative estimate of drug-likeness (QED) is 0.797. The lowest BCUT2D eigenvalue weighted by atomic mass is 10.1. The second-order valence-corrected chi connectivity index (χ2v) is 6.63. The van der Waals surface area contributed by atoms with Crippen LogP contribution in [-0.4, -0.2) is 22.3 Å². The van der Waals surface area contributed by atoms with E-state index < -0.39 is 0 Å². The number of nitrogens with zero attached hydrogens (tertiary/aromatic N) is 2. The van der Waals surface area contributed by atoms with E-state index in [4.69, 9.17) is 21.3 Å². The maximum Gasteiger partial charge on any atom is 0.128 e. The normalized spacial score (nSPS) is 28.1. The van der Waals surface area contributed by atoms with Crippen molar-refractivity contribution in [3.05, 3.63) is 30.1 Å². The van der Waals surface area contributed by atoms with Gasteiger partial charge in [-0.25, -0.2) is 4.98 Å². The number of alkyl halides is 1. The van der Waals surface area contributed by atoms with E-state index in [1.807, 2.05) is 13.0 Å². The Morgan fingerprint density at radius 3 is 2.85 bits per heavy atom. The fourth-order valence-corrected chi connectivity index (χ4v) is 3.60. The smallest absolute Gasteiger partial charge is 0.128 e. The lowest BCUT2D eigenvalue weighted by Gasteiger charge is -2.23. The first-order valence-corrected chi connectivity index (χ1v) is 7.92. The topological polar surface area (TPSA) is 27.1 Å². The monoisotopic (exact) mass is 290 g/mol. The number of hydrogen-bond acceptors (Lipinski definition) is 2. The van der Waals surface area contributed by atoms with Gasteiger partial charge in [0.2, 0.25) is 0 Å². The summed E-state index contributed by atoms with van der Waals surface area (Å²) in [5.41, 5.74) is 2.23. The van der Waals surface area contributed by atoms with Crippen LogP contribution >= 0.6 is 11.6 Å². The standard InChI is InChI=1S/C16H19ClN2O/c1-10(17)16-18-12-4-2-3-5-13(12)19(16)14-8-9-20-15(14)11-6-7-11/h2-5,10-11,14-15H,6-9H2,1H3. The Bertz CT molecular complexity index is 632. The van der Waals surface area contributed by atoms with Gasteiger partial charge in [0.05, 0.1) is 28.6 Å². The van der Waals surface area contributed by atoms with Crippen molar-refractivity contribution in [2.24, 2.45) is 5.92 Å². The molecule has 106 valence electrons. The largest absolute Gasteiger partial charge is 0.376 e. The van der Waals surface area contributed by atoms with Crippen LogP contribution in [0.2, 0.25) is 0 Å². The van der Waals surface area contributed by atoms with Crippen LogP contribution in [-0.2, 0) is 4.74 Å². The number of hydrogen-bond donors (Lipinski definition) is 0. The summed E-state index contributed by atoms with van der Waals surface area (Å²) in [6.45, 7) is 2.86. The average Bonchev–Trinajstić information content (AvgIpc) is 3.04. The number of para-hydroxylation sites is 2. The zero-order chi connectivity index (χ0) is 13.7. The number of aromatic nitrogens is 2. The summed E-state index contributed by atoms with van der Waals surface area (Å²) in [7, 11) is 0. The molecule has 2 aromatic rings. The summed E-state index contributed by atoms with van der Waals surface area (Å²) < 4.78 is 8.36. The van der Waals surface area contributed by atoms with Gasteiger partial charge in [-0.2, -0.15) is 0 Å². The van der Waals surface area contributed by atoms with Crippen LogP contribution < -0.4 is 0 Å². The highest BCUT2D eigenvalue weighted by Crippen LogP contribution is 2.45. The number of fused-ring (bicyclic) bond motifs is 1. The second kappa shape index (κ2) is 4.74. The second-order valence-electron chi connectivity index (χ2n) is 5.97. The minimum Gasteiger partial charge on any atom is -0.376 e. The number of rotatable bonds is 3. The van der Waals surface area contributed by atoms with Crippen molar-refractivity contribution < 1.29 is 4.74 Å². The molecule has 3 unspecified atom stereocenters. The van der Waals surface area contributed by atoms with Crippen LogP contribution in [0.25, 0.3) is 11.0 Å². The van der Waals surface area contributed by atoms with Gasteiger partial charge in [0.25, 0.3) is 0 Å². The molecule has 1 aromatic carbocycles. The molecule has 2 aliphatic rings. The predicted molar refractivity (Wildman–Crippen MR) is 80.1 cm³/mol. The fourth-order valence-electron chi connectivity index (χ4n) is 3.44. The molecule has 1 aliphatic heterocycles. The molecule has 0 N–H and O–H groups in total. The highest BCUT2D eigenvalue weighted by Gasteiger charge is 2.42. The summed E-state index contributed by atoms with van der Waals surface area (Å²) in [6, 6.07) is 8.71.